The number of hydrogen-bond acceptors (Lipinski definition) is 5. The Labute approximate surface area is 135 Å². The lowest BCUT2D eigenvalue weighted by molar-refractivity contribution is 0.0160. The number of nitriles is 1. The molecule has 3 rings (SSSR count). The summed E-state index contributed by atoms with van der Waals surface area (Å²) in [5.41, 5.74) is 2.61. The normalized spacial score (nSPS) is 12.5. The molecule has 0 bridgehead atoms. The van der Waals surface area contributed by atoms with Crippen LogP contribution in [0.2, 0.25) is 0 Å². The van der Waals surface area contributed by atoms with Crippen molar-refractivity contribution in [3.63, 3.8) is 0 Å². The first-order chi connectivity index (χ1) is 10.6. The second-order valence-corrected chi connectivity index (χ2v) is 5.33. The Balaban J connectivity index is 2.08. The first-order valence-electron chi connectivity index (χ1n) is 6.75. The third kappa shape index (κ3) is 2.49. The predicted molar refractivity (Wildman–Crippen MR) is 83.0 cm³/mol. The fraction of sp³-hybridized carbons (Fsp3) is 0.286. The van der Waals surface area contributed by atoms with Gasteiger partial charge in [-0.05, 0) is 41.9 Å². The van der Waals surface area contributed by atoms with Crippen LogP contribution in [-0.2, 0) is 4.74 Å². The average molecular weight is 361 g/mol. The Morgan fingerprint density at radius 3 is 3.00 bits per heavy atom. The fourth-order valence-corrected chi connectivity index (χ4v) is 2.60. The monoisotopic (exact) mass is 360 g/mol. The van der Waals surface area contributed by atoms with Crippen LogP contribution in [0.5, 0.6) is 0 Å². The molecular formula is C14H13BrN6O. The number of ether oxygens (including phenoxy) is 1. The molecule has 0 fully saturated rings. The van der Waals surface area contributed by atoms with E-state index in [1.807, 2.05) is 32.2 Å². The van der Waals surface area contributed by atoms with Crippen LogP contribution in [0.25, 0.3) is 16.8 Å². The Hall–Kier alpha value is -2.24. The van der Waals surface area contributed by atoms with Gasteiger partial charge in [-0.2, -0.15) is 10.4 Å². The molecule has 0 aromatic carbocycles. The van der Waals surface area contributed by atoms with Gasteiger partial charge >= 0.3 is 0 Å². The smallest absolute Gasteiger partial charge is 0.218 e. The van der Waals surface area contributed by atoms with E-state index >= 15 is 0 Å². The van der Waals surface area contributed by atoms with Crippen LogP contribution in [0.15, 0.2) is 29.3 Å². The van der Waals surface area contributed by atoms with Crippen molar-refractivity contribution in [2.45, 2.75) is 20.1 Å². The zero-order valence-electron chi connectivity index (χ0n) is 12.1. The number of halogens is 1. The Morgan fingerprint density at radius 2 is 2.27 bits per heavy atom. The zero-order chi connectivity index (χ0) is 15.7. The van der Waals surface area contributed by atoms with Gasteiger partial charge in [0.2, 0.25) is 4.73 Å². The Morgan fingerprint density at radius 1 is 1.45 bits per heavy atom. The van der Waals surface area contributed by atoms with E-state index in [1.165, 1.54) is 4.52 Å². The van der Waals surface area contributed by atoms with Crippen LogP contribution >= 0.6 is 15.9 Å². The second kappa shape index (κ2) is 5.87. The zero-order valence-corrected chi connectivity index (χ0v) is 13.6. The third-order valence-electron chi connectivity index (χ3n) is 3.27. The van der Waals surface area contributed by atoms with Crippen molar-refractivity contribution in [2.75, 3.05) is 6.61 Å². The summed E-state index contributed by atoms with van der Waals surface area (Å²) >= 11 is 3.22. The van der Waals surface area contributed by atoms with Crippen LogP contribution in [-0.4, -0.2) is 31.0 Å². The lowest BCUT2D eigenvalue weighted by atomic mass is 10.1. The van der Waals surface area contributed by atoms with E-state index in [4.69, 9.17) is 4.74 Å². The molecule has 1 unspecified atom stereocenters. The van der Waals surface area contributed by atoms with E-state index in [0.717, 1.165) is 11.1 Å². The van der Waals surface area contributed by atoms with Gasteiger partial charge in [-0.15, -0.1) is 5.10 Å². The number of pyridine rings is 1. The van der Waals surface area contributed by atoms with Crippen molar-refractivity contribution >= 4 is 21.6 Å². The summed E-state index contributed by atoms with van der Waals surface area (Å²) in [6, 6.07) is 5.85. The van der Waals surface area contributed by atoms with Crippen molar-refractivity contribution in [3.05, 3.63) is 35.0 Å². The van der Waals surface area contributed by atoms with Gasteiger partial charge in [0, 0.05) is 23.9 Å². The molecule has 0 saturated heterocycles. The van der Waals surface area contributed by atoms with Crippen LogP contribution < -0.4 is 0 Å². The summed E-state index contributed by atoms with van der Waals surface area (Å²) in [4.78, 5) is 4.19. The first kappa shape index (κ1) is 14.7. The van der Waals surface area contributed by atoms with Gasteiger partial charge in [0.05, 0.1) is 6.20 Å². The first-order valence-corrected chi connectivity index (χ1v) is 7.55. The van der Waals surface area contributed by atoms with Gasteiger partial charge in [-0.25, -0.2) is 14.2 Å². The van der Waals surface area contributed by atoms with E-state index in [-0.39, 0.29) is 6.23 Å². The maximum atomic E-state index is 9.48. The molecule has 0 aliphatic heterocycles. The van der Waals surface area contributed by atoms with Crippen LogP contribution in [0, 0.1) is 11.3 Å². The van der Waals surface area contributed by atoms with Crippen molar-refractivity contribution < 1.29 is 4.74 Å². The van der Waals surface area contributed by atoms with Gasteiger partial charge < -0.3 is 4.74 Å². The molecule has 0 amide bonds. The molecule has 3 heterocycles. The maximum absolute atomic E-state index is 9.48. The molecule has 0 saturated carbocycles. The maximum Gasteiger partial charge on any atom is 0.218 e. The molecule has 7 nitrogen and oxygen atoms in total. The minimum atomic E-state index is -0.159. The highest BCUT2D eigenvalue weighted by molar-refractivity contribution is 9.10. The predicted octanol–water partition coefficient (Wildman–Crippen LogP) is 2.78. The minimum absolute atomic E-state index is 0.159. The van der Waals surface area contributed by atoms with Crippen LogP contribution in [0.4, 0.5) is 0 Å². The fourth-order valence-electron chi connectivity index (χ4n) is 2.26. The standard InChI is InChI=1S/C14H13BrN6O/c1-3-22-9(2)20-8-10(7-17-20)11-4-5-13-18-14(15)19-21(13)12(11)6-16/h4-5,7-9H,3H2,1-2H3. The van der Waals surface area contributed by atoms with E-state index in [9.17, 15) is 5.26 Å². The molecule has 0 aliphatic carbocycles. The summed E-state index contributed by atoms with van der Waals surface area (Å²) in [7, 11) is 0. The molecule has 8 heteroatoms. The van der Waals surface area contributed by atoms with Crippen LogP contribution in [0.3, 0.4) is 0 Å². The van der Waals surface area contributed by atoms with E-state index in [2.05, 4.69) is 37.2 Å². The second-order valence-electron chi connectivity index (χ2n) is 4.62. The van der Waals surface area contributed by atoms with E-state index in [1.54, 1.807) is 10.9 Å². The minimum Gasteiger partial charge on any atom is -0.357 e. The van der Waals surface area contributed by atoms with Gasteiger partial charge in [0.1, 0.15) is 12.3 Å². The molecule has 22 heavy (non-hydrogen) atoms. The quantitative estimate of drug-likeness (QED) is 0.714. The lowest BCUT2D eigenvalue weighted by Gasteiger charge is -2.11. The van der Waals surface area contributed by atoms with Gasteiger partial charge in [-0.1, -0.05) is 0 Å². The van der Waals surface area contributed by atoms with Crippen molar-refractivity contribution in [1.82, 2.24) is 24.4 Å². The topological polar surface area (TPSA) is 81.0 Å². The summed E-state index contributed by atoms with van der Waals surface area (Å²) in [6.45, 7) is 4.47. The van der Waals surface area contributed by atoms with Crippen molar-refractivity contribution in [3.8, 4) is 17.2 Å². The number of hydrogen-bond donors (Lipinski definition) is 0. The van der Waals surface area contributed by atoms with Gasteiger partial charge in [0.15, 0.2) is 11.3 Å². The van der Waals surface area contributed by atoms with E-state index in [0.29, 0.717) is 22.7 Å². The highest BCUT2D eigenvalue weighted by atomic mass is 79.9. The summed E-state index contributed by atoms with van der Waals surface area (Å²) in [5.74, 6) is 0. The largest absolute Gasteiger partial charge is 0.357 e. The lowest BCUT2D eigenvalue weighted by Crippen LogP contribution is -2.09. The third-order valence-corrected chi connectivity index (χ3v) is 3.61. The number of nitrogens with zero attached hydrogens (tertiary/aromatic N) is 6. The summed E-state index contributed by atoms with van der Waals surface area (Å²) < 4.78 is 9.20. The average Bonchev–Trinajstić information content (AvgIpc) is 3.11. The number of aromatic nitrogens is 5. The number of rotatable bonds is 4. The van der Waals surface area contributed by atoms with Crippen LogP contribution in [0.1, 0.15) is 25.8 Å². The Kier molecular flexibility index (Phi) is 3.92. The number of fused-ring (bicyclic) bond motifs is 1. The van der Waals surface area contributed by atoms with E-state index < -0.39 is 0 Å². The molecule has 112 valence electrons. The molecule has 0 radical (unpaired) electrons. The summed E-state index contributed by atoms with van der Waals surface area (Å²) in [6.07, 6.45) is 3.41. The van der Waals surface area contributed by atoms with Crippen molar-refractivity contribution in [1.29, 1.82) is 5.26 Å². The molecule has 0 aliphatic rings. The molecule has 1 atom stereocenters. The molecule has 3 aromatic rings. The van der Waals surface area contributed by atoms with Gasteiger partial charge in [0.25, 0.3) is 0 Å². The molecule has 0 spiro atoms. The highest BCUT2D eigenvalue weighted by Gasteiger charge is 2.15. The van der Waals surface area contributed by atoms with Gasteiger partial charge in [-0.3, -0.25) is 0 Å². The van der Waals surface area contributed by atoms with Crippen molar-refractivity contribution in [2.24, 2.45) is 0 Å². The SMILES string of the molecule is CCOC(C)n1cc(-c2ccc3nc(Br)nn3c2C#N)cn1. The summed E-state index contributed by atoms with van der Waals surface area (Å²) in [5, 5.41) is 18.0. The molecular weight excluding hydrogens is 348 g/mol. The Bertz CT molecular complexity index is 862. The molecule has 0 N–H and O–H groups in total. The molecule has 3 aromatic heterocycles. The highest BCUT2D eigenvalue weighted by Crippen LogP contribution is 2.25.